The molecule has 2 saturated carbocycles. The van der Waals surface area contributed by atoms with Crippen molar-refractivity contribution in [1.29, 1.82) is 0 Å². The summed E-state index contributed by atoms with van der Waals surface area (Å²) in [5.41, 5.74) is 3.13. The molecule has 2 heterocycles. The average molecular weight is 739 g/mol. The third-order valence-corrected chi connectivity index (χ3v) is 15.6. The van der Waals surface area contributed by atoms with Gasteiger partial charge in [-0.05, 0) is 85.3 Å². The Labute approximate surface area is 305 Å². The molecule has 3 aromatic carbocycles. The lowest BCUT2D eigenvalue weighted by atomic mass is 9.61. The maximum absolute atomic E-state index is 12.8. The molecule has 51 heavy (non-hydrogen) atoms. The van der Waals surface area contributed by atoms with Gasteiger partial charge in [-0.25, -0.2) is 0 Å². The molecule has 0 amide bonds. The molecule has 12 heteroatoms. The van der Waals surface area contributed by atoms with E-state index in [-0.39, 0.29) is 71.2 Å². The topological polar surface area (TPSA) is 158 Å². The summed E-state index contributed by atoms with van der Waals surface area (Å²) < 4.78 is 24.3. The SMILES string of the molecule is COc1cc(C23CCC4SSC5CCCC(CCC6c7cc(O)ccc7-c7c(OCCO)cc(c(c7C6CO)C4C2O)O3)C5)c(O)c(OC)c1O. The van der Waals surface area contributed by atoms with Crippen LogP contribution in [0.5, 0.6) is 40.2 Å². The van der Waals surface area contributed by atoms with Crippen LogP contribution in [-0.2, 0) is 5.60 Å². The van der Waals surface area contributed by atoms with Crippen LogP contribution in [0.15, 0.2) is 30.3 Å². The van der Waals surface area contributed by atoms with Gasteiger partial charge in [0.25, 0.3) is 0 Å². The van der Waals surface area contributed by atoms with Crippen molar-refractivity contribution in [2.45, 2.75) is 91.3 Å². The molecule has 8 atom stereocenters. The van der Waals surface area contributed by atoms with Crippen LogP contribution in [0, 0.1) is 5.92 Å². The predicted octanol–water partition coefficient (Wildman–Crippen LogP) is 6.66. The normalized spacial score (nSPS) is 30.6. The third-order valence-electron chi connectivity index (χ3n) is 12.1. The maximum Gasteiger partial charge on any atom is 0.207 e. The van der Waals surface area contributed by atoms with Gasteiger partial charge in [-0.1, -0.05) is 40.5 Å². The quantitative estimate of drug-likeness (QED) is 0.144. The van der Waals surface area contributed by atoms with Crippen LogP contribution in [0.25, 0.3) is 11.1 Å². The first-order valence-electron chi connectivity index (χ1n) is 18.0. The van der Waals surface area contributed by atoms with Crippen LogP contribution in [0.4, 0.5) is 0 Å². The summed E-state index contributed by atoms with van der Waals surface area (Å²) in [7, 11) is 6.53. The predicted molar refractivity (Wildman–Crippen MR) is 196 cm³/mol. The van der Waals surface area contributed by atoms with E-state index in [1.54, 1.807) is 6.07 Å². The number of aliphatic hydroxyl groups is 3. The Kier molecular flexibility index (Phi) is 9.36. The molecule has 2 aliphatic heterocycles. The second-order valence-electron chi connectivity index (χ2n) is 14.6. The monoisotopic (exact) mass is 738 g/mol. The van der Waals surface area contributed by atoms with E-state index in [1.165, 1.54) is 33.1 Å². The number of fused-ring (bicyclic) bond motifs is 7. The Morgan fingerprint density at radius 1 is 0.902 bits per heavy atom. The van der Waals surface area contributed by atoms with Crippen LogP contribution in [0.3, 0.4) is 0 Å². The van der Waals surface area contributed by atoms with Crippen molar-refractivity contribution in [3.05, 3.63) is 52.6 Å². The molecule has 0 radical (unpaired) electrons. The van der Waals surface area contributed by atoms with E-state index in [1.807, 2.05) is 39.8 Å². The van der Waals surface area contributed by atoms with Crippen molar-refractivity contribution in [3.63, 3.8) is 0 Å². The van der Waals surface area contributed by atoms with E-state index in [4.69, 9.17) is 18.9 Å². The molecule has 5 aliphatic rings. The number of hydrogen-bond acceptors (Lipinski definition) is 12. The standard InChI is InChI=1S/C39H46O10S2/c1-46-29-16-26(35(43)37(47-2)36(29)44)39-11-10-30-34(38(39)45)33-28(49-39)17-27(48-13-12-40)31-23-9-7-20(42)15-24(23)22(25(18-41)32(31)33)8-6-19-4-3-5-21(14-19)50-51-30/h7,9,15-17,19,21-22,25,30,34,38,40-45H,3-6,8,10-14,18H2,1-2H3. The van der Waals surface area contributed by atoms with Gasteiger partial charge in [-0.15, -0.1) is 0 Å². The van der Waals surface area contributed by atoms with Gasteiger partial charge in [0.1, 0.15) is 30.0 Å². The number of benzene rings is 3. The molecular weight excluding hydrogens is 693 g/mol. The van der Waals surface area contributed by atoms with Gasteiger partial charge in [0.2, 0.25) is 11.5 Å². The molecule has 8 unspecified atom stereocenters. The zero-order chi connectivity index (χ0) is 35.6. The first kappa shape index (κ1) is 34.9. The molecule has 8 rings (SSSR count). The molecule has 6 N–H and O–H groups in total. The minimum Gasteiger partial charge on any atom is -0.508 e. The lowest BCUT2D eigenvalue weighted by molar-refractivity contribution is -0.112. The van der Waals surface area contributed by atoms with Crippen LogP contribution in [0.1, 0.15) is 91.4 Å². The fourth-order valence-corrected chi connectivity index (χ4v) is 13.4. The molecular formula is C39H46O10S2. The maximum atomic E-state index is 12.8. The molecule has 3 aromatic rings. The number of aromatic hydroxyl groups is 3. The number of methoxy groups -OCH3 is 2. The summed E-state index contributed by atoms with van der Waals surface area (Å²) in [6, 6.07) is 8.75. The van der Waals surface area contributed by atoms with Crippen LogP contribution >= 0.6 is 21.6 Å². The fraction of sp³-hybridized carbons (Fsp3) is 0.538. The van der Waals surface area contributed by atoms with E-state index in [2.05, 4.69) is 0 Å². The summed E-state index contributed by atoms with van der Waals surface area (Å²) in [4.78, 5) is 0. The Bertz CT molecular complexity index is 1820. The van der Waals surface area contributed by atoms with E-state index in [0.29, 0.717) is 35.5 Å². The van der Waals surface area contributed by atoms with Gasteiger partial charge < -0.3 is 49.6 Å². The molecule has 2 fully saturated rings. The van der Waals surface area contributed by atoms with E-state index in [0.717, 1.165) is 53.5 Å². The van der Waals surface area contributed by atoms with E-state index >= 15 is 0 Å². The second kappa shape index (κ2) is 13.7. The molecule has 0 spiro atoms. The number of phenolic OH excluding ortho intramolecular Hbond substituents is 3. The molecule has 0 aromatic heterocycles. The molecule has 3 aliphatic carbocycles. The smallest absolute Gasteiger partial charge is 0.207 e. The lowest BCUT2D eigenvalue weighted by Gasteiger charge is -2.54. The molecule has 6 bridgehead atoms. The number of aliphatic hydroxyl groups excluding tert-OH is 3. The summed E-state index contributed by atoms with van der Waals surface area (Å²) >= 11 is 0. The fourth-order valence-electron chi connectivity index (χ4n) is 9.84. The van der Waals surface area contributed by atoms with Crippen molar-refractivity contribution >= 4 is 21.6 Å². The van der Waals surface area contributed by atoms with Crippen molar-refractivity contribution < 1.29 is 49.6 Å². The largest absolute Gasteiger partial charge is 0.508 e. The highest BCUT2D eigenvalue weighted by Crippen LogP contribution is 2.66. The first-order chi connectivity index (χ1) is 24.7. The van der Waals surface area contributed by atoms with Crippen LogP contribution in [-0.4, -0.2) is 81.3 Å². The van der Waals surface area contributed by atoms with Crippen molar-refractivity contribution in [2.75, 3.05) is 34.0 Å². The number of rotatable bonds is 7. The highest BCUT2D eigenvalue weighted by molar-refractivity contribution is 8.77. The van der Waals surface area contributed by atoms with Gasteiger partial charge >= 0.3 is 0 Å². The van der Waals surface area contributed by atoms with Crippen molar-refractivity contribution in [2.24, 2.45) is 5.92 Å². The molecule has 10 nitrogen and oxygen atoms in total. The zero-order valence-electron chi connectivity index (χ0n) is 28.8. The highest BCUT2D eigenvalue weighted by Gasteiger charge is 2.60. The summed E-state index contributed by atoms with van der Waals surface area (Å²) in [5, 5.41) is 67.8. The second-order valence-corrected chi connectivity index (χ2v) is 17.4. The Morgan fingerprint density at radius 3 is 2.51 bits per heavy atom. The van der Waals surface area contributed by atoms with Gasteiger partial charge in [-0.2, -0.15) is 0 Å². The van der Waals surface area contributed by atoms with Gasteiger partial charge in [0.05, 0.1) is 27.4 Å². The molecule has 0 saturated heterocycles. The van der Waals surface area contributed by atoms with Crippen molar-refractivity contribution in [1.82, 2.24) is 0 Å². The van der Waals surface area contributed by atoms with Crippen LogP contribution < -0.4 is 18.9 Å². The first-order valence-corrected chi connectivity index (χ1v) is 20.3. The minimum absolute atomic E-state index is 0.0222. The molecule has 274 valence electrons. The third kappa shape index (κ3) is 5.50. The summed E-state index contributed by atoms with van der Waals surface area (Å²) in [6.45, 7) is -0.357. The lowest BCUT2D eigenvalue weighted by Crippen LogP contribution is -2.57. The Balaban J connectivity index is 1.42. The summed E-state index contributed by atoms with van der Waals surface area (Å²) in [6.07, 6.45) is 6.35. The number of hydrogen-bond donors (Lipinski definition) is 6. The highest BCUT2D eigenvalue weighted by atomic mass is 33.1. The minimum atomic E-state index is -1.45. The van der Waals surface area contributed by atoms with Gasteiger partial charge in [0.15, 0.2) is 17.1 Å². The summed E-state index contributed by atoms with van der Waals surface area (Å²) in [5.74, 6) is -0.0838. The van der Waals surface area contributed by atoms with Gasteiger partial charge in [-0.3, -0.25) is 0 Å². The van der Waals surface area contributed by atoms with E-state index in [9.17, 15) is 30.6 Å². The number of phenols is 3. The van der Waals surface area contributed by atoms with Crippen LogP contribution in [0.2, 0.25) is 0 Å². The van der Waals surface area contributed by atoms with Gasteiger partial charge in [0, 0.05) is 45.1 Å². The Hall–Kier alpha value is -3.16. The average Bonchev–Trinajstić information content (AvgIpc) is 3.13. The van der Waals surface area contributed by atoms with E-state index < -0.39 is 17.6 Å². The number of ether oxygens (including phenoxy) is 4. The zero-order valence-corrected chi connectivity index (χ0v) is 30.5. The van der Waals surface area contributed by atoms with Crippen molar-refractivity contribution in [3.8, 4) is 51.4 Å². The Morgan fingerprint density at radius 2 is 1.75 bits per heavy atom.